The Labute approximate surface area is 166 Å². The molecule has 0 unspecified atom stereocenters. The van der Waals surface area contributed by atoms with Gasteiger partial charge in [0, 0.05) is 31.8 Å². The number of phenolic OH excluding ortho intramolecular Hbond substituents is 2. The van der Waals surface area contributed by atoms with Crippen molar-refractivity contribution in [2.24, 2.45) is 9.98 Å². The molecule has 2 aliphatic heterocycles. The molecule has 0 saturated carbocycles. The van der Waals surface area contributed by atoms with Crippen LogP contribution in [-0.4, -0.2) is 42.6 Å². The van der Waals surface area contributed by atoms with Gasteiger partial charge in [0.25, 0.3) is 11.9 Å². The van der Waals surface area contributed by atoms with Crippen molar-refractivity contribution in [3.8, 4) is 11.5 Å². The number of phenols is 2. The van der Waals surface area contributed by atoms with Crippen LogP contribution in [0.15, 0.2) is 46.4 Å². The van der Waals surface area contributed by atoms with Gasteiger partial charge in [0.1, 0.15) is 11.0 Å². The topological polar surface area (TPSA) is 117 Å². The molecule has 9 heteroatoms. The molecule has 0 aliphatic carbocycles. The third-order valence-electron chi connectivity index (χ3n) is 4.07. The summed E-state index contributed by atoms with van der Waals surface area (Å²) < 4.78 is 0. The number of benzene rings is 2. The number of fused-ring (bicyclic) bond motifs is 10. The maximum absolute atomic E-state index is 10.5. The van der Waals surface area contributed by atoms with E-state index in [1.807, 2.05) is 0 Å². The quantitative estimate of drug-likeness (QED) is 0.314. The van der Waals surface area contributed by atoms with Gasteiger partial charge < -0.3 is 10.2 Å². The summed E-state index contributed by atoms with van der Waals surface area (Å²) in [6.07, 6.45) is 3.02. The van der Waals surface area contributed by atoms with E-state index in [0.29, 0.717) is 33.2 Å². The first-order chi connectivity index (χ1) is 12.7. The molecule has 8 bridgehead atoms. The van der Waals surface area contributed by atoms with Crippen molar-refractivity contribution in [3.05, 3.63) is 47.8 Å². The first kappa shape index (κ1) is 17.2. The fourth-order valence-corrected chi connectivity index (χ4v) is 2.81. The number of hydrogen-bond donors (Lipinski definition) is 2. The molecule has 3 aromatic rings. The van der Waals surface area contributed by atoms with Crippen LogP contribution in [0.3, 0.4) is 0 Å². The van der Waals surface area contributed by atoms with Gasteiger partial charge >= 0.3 is 0 Å². The van der Waals surface area contributed by atoms with Crippen molar-refractivity contribution in [2.75, 3.05) is 0 Å². The molecular formula is C18H10N6O2Pt. The number of aliphatic imine (C=N–C) groups is 2. The molecule has 0 radical (unpaired) electrons. The average Bonchev–Trinajstić information content (AvgIpc) is 3.28. The van der Waals surface area contributed by atoms with Crippen molar-refractivity contribution in [1.82, 2.24) is 19.9 Å². The Kier molecular flexibility index (Phi) is 4.12. The van der Waals surface area contributed by atoms with Gasteiger partial charge in [-0.3, -0.25) is 0 Å². The van der Waals surface area contributed by atoms with Crippen molar-refractivity contribution < 1.29 is 31.3 Å². The van der Waals surface area contributed by atoms with Crippen LogP contribution in [0.1, 0.15) is 11.4 Å². The maximum Gasteiger partial charge on any atom is 0.250 e. The van der Waals surface area contributed by atoms with Gasteiger partial charge in [-0.15, -0.1) is 0 Å². The van der Waals surface area contributed by atoms with E-state index in [4.69, 9.17) is 0 Å². The van der Waals surface area contributed by atoms with Gasteiger partial charge in [-0.25, -0.2) is 29.9 Å². The molecule has 1 aromatic heterocycles. The molecule has 2 aliphatic rings. The van der Waals surface area contributed by atoms with Crippen LogP contribution >= 0.6 is 0 Å². The summed E-state index contributed by atoms with van der Waals surface area (Å²) >= 11 is 0. The Morgan fingerprint density at radius 2 is 1.04 bits per heavy atom. The summed E-state index contributed by atoms with van der Waals surface area (Å²) in [5.74, 6) is 0.286. The Morgan fingerprint density at radius 1 is 0.593 bits per heavy atom. The van der Waals surface area contributed by atoms with Crippen molar-refractivity contribution in [3.63, 3.8) is 0 Å². The van der Waals surface area contributed by atoms with Gasteiger partial charge in [-0.05, 0) is 24.3 Å². The first-order valence-electron chi connectivity index (χ1n) is 7.77. The minimum atomic E-state index is -0.0382. The zero-order chi connectivity index (χ0) is 17.7. The SMILES string of the molecule is Oc1c2cccc1c1nc(nc3cccc(c4nc(n2)N=C4)c3O)N=C1.[Pt]. The molecule has 2 N–H and O–H groups in total. The van der Waals surface area contributed by atoms with Crippen LogP contribution in [0.4, 0.5) is 11.9 Å². The number of para-hydroxylation sites is 2. The second kappa shape index (κ2) is 6.48. The van der Waals surface area contributed by atoms with Crippen LogP contribution in [0, 0.1) is 0 Å². The molecule has 0 amide bonds. The number of hydrogen-bond acceptors (Lipinski definition) is 8. The predicted octanol–water partition coefficient (Wildman–Crippen LogP) is 2.80. The molecule has 5 rings (SSSR count). The van der Waals surface area contributed by atoms with E-state index in [0.717, 1.165) is 0 Å². The van der Waals surface area contributed by atoms with E-state index in [2.05, 4.69) is 29.9 Å². The molecule has 2 aromatic carbocycles. The van der Waals surface area contributed by atoms with E-state index in [1.54, 1.807) is 36.4 Å². The number of aromatic hydroxyl groups is 2. The number of nitrogens with zero attached hydrogens (tertiary/aromatic N) is 6. The smallest absolute Gasteiger partial charge is 0.250 e. The summed E-state index contributed by atoms with van der Waals surface area (Å²) in [6.45, 7) is 0. The van der Waals surface area contributed by atoms with Gasteiger partial charge in [0.15, 0.2) is 11.5 Å². The monoisotopic (exact) mass is 537 g/mol. The first-order valence-corrected chi connectivity index (χ1v) is 7.77. The second-order valence-electron chi connectivity index (χ2n) is 5.68. The second-order valence-corrected chi connectivity index (χ2v) is 5.68. The van der Waals surface area contributed by atoms with E-state index < -0.39 is 0 Å². The predicted molar refractivity (Wildman–Crippen MR) is 96.9 cm³/mol. The van der Waals surface area contributed by atoms with Crippen LogP contribution < -0.4 is 0 Å². The van der Waals surface area contributed by atoms with Crippen LogP contribution in [0.25, 0.3) is 21.8 Å². The summed E-state index contributed by atoms with van der Waals surface area (Å²) in [5.41, 5.74) is 1.54. The third kappa shape index (κ3) is 2.84. The molecule has 134 valence electrons. The molecular weight excluding hydrogens is 527 g/mol. The number of rotatable bonds is 0. The van der Waals surface area contributed by atoms with Gasteiger partial charge in [-0.2, -0.15) is 0 Å². The summed E-state index contributed by atoms with van der Waals surface area (Å²) in [6, 6.07) is 10.2. The summed E-state index contributed by atoms with van der Waals surface area (Å²) in [5, 5.41) is 22.0. The largest absolute Gasteiger partial charge is 0.505 e. The maximum atomic E-state index is 10.5. The average molecular weight is 537 g/mol. The molecule has 0 atom stereocenters. The fourth-order valence-electron chi connectivity index (χ4n) is 2.81. The van der Waals surface area contributed by atoms with E-state index >= 15 is 0 Å². The molecule has 8 nitrogen and oxygen atoms in total. The molecule has 0 spiro atoms. The minimum absolute atomic E-state index is 0. The zero-order valence-electron chi connectivity index (χ0n) is 13.5. The van der Waals surface area contributed by atoms with E-state index in [-0.39, 0.29) is 44.5 Å². The zero-order valence-corrected chi connectivity index (χ0v) is 15.8. The standard InChI is InChI=1S/C18H10N6O2.Pt/c25-15-9-3-1-5-11(15)21-17-20-8-14(24-17)10-4-2-6-12(16(10)26)22-18-19-7-13(9)23-18;/h1-8,25-26H;. The Morgan fingerprint density at radius 3 is 1.48 bits per heavy atom. The molecule has 3 heterocycles. The van der Waals surface area contributed by atoms with Crippen LogP contribution in [-0.2, 0) is 21.1 Å². The van der Waals surface area contributed by atoms with Gasteiger partial charge in [0.2, 0.25) is 0 Å². The van der Waals surface area contributed by atoms with Crippen molar-refractivity contribution in [1.29, 1.82) is 0 Å². The Balaban J connectivity index is 0.00000180. The summed E-state index contributed by atoms with van der Waals surface area (Å²) in [4.78, 5) is 25.5. The molecule has 0 fully saturated rings. The van der Waals surface area contributed by atoms with Crippen molar-refractivity contribution >= 4 is 46.1 Å². The minimum Gasteiger partial charge on any atom is -0.505 e. The summed E-state index contributed by atoms with van der Waals surface area (Å²) in [7, 11) is 0. The van der Waals surface area contributed by atoms with Gasteiger partial charge in [-0.1, -0.05) is 12.1 Å². The molecule has 0 saturated heterocycles. The number of aromatic nitrogens is 4. The third-order valence-corrected chi connectivity index (χ3v) is 4.07. The Bertz CT molecular complexity index is 1170. The fraction of sp³-hybridized carbons (Fsp3) is 0. The molecule has 27 heavy (non-hydrogen) atoms. The van der Waals surface area contributed by atoms with Gasteiger partial charge in [0.05, 0.1) is 23.8 Å². The van der Waals surface area contributed by atoms with Crippen molar-refractivity contribution in [2.45, 2.75) is 0 Å². The van der Waals surface area contributed by atoms with E-state index in [9.17, 15) is 10.2 Å². The Hall–Kier alpha value is -3.25. The normalized spacial score (nSPS) is 12.1. The van der Waals surface area contributed by atoms with Crippen LogP contribution in [0.5, 0.6) is 11.5 Å². The van der Waals surface area contributed by atoms with Crippen LogP contribution in [0.2, 0.25) is 0 Å². The van der Waals surface area contributed by atoms with E-state index in [1.165, 1.54) is 12.4 Å².